The van der Waals surface area contributed by atoms with Gasteiger partial charge in [0, 0.05) is 33.1 Å². The van der Waals surface area contributed by atoms with Crippen molar-refractivity contribution in [1.29, 1.82) is 0 Å². The van der Waals surface area contributed by atoms with Crippen molar-refractivity contribution in [3.8, 4) is 22.6 Å². The predicted molar refractivity (Wildman–Crippen MR) is 212 cm³/mol. The molecule has 8 aromatic carbocycles. The van der Waals surface area contributed by atoms with Gasteiger partial charge < -0.3 is 18.2 Å². The van der Waals surface area contributed by atoms with E-state index in [-0.39, 0.29) is 0 Å². The summed E-state index contributed by atoms with van der Waals surface area (Å²) in [4.78, 5) is 7.32. The van der Waals surface area contributed by atoms with E-state index in [2.05, 4.69) is 114 Å². The molecule has 0 aliphatic heterocycles. The van der Waals surface area contributed by atoms with Crippen LogP contribution in [0.5, 0.6) is 0 Å². The number of oxazole rings is 1. The number of benzene rings is 8. The number of furan rings is 2. The zero-order valence-electron chi connectivity index (χ0n) is 27.8. The van der Waals surface area contributed by atoms with Crippen molar-refractivity contribution in [2.24, 2.45) is 0 Å². The molecule has 0 aliphatic rings. The van der Waals surface area contributed by atoms with Crippen molar-refractivity contribution in [1.82, 2.24) is 4.98 Å². The number of para-hydroxylation sites is 2. The molecule has 0 spiro atoms. The summed E-state index contributed by atoms with van der Waals surface area (Å²) in [5.74, 6) is 0.566. The Morgan fingerprint density at radius 3 is 1.94 bits per heavy atom. The van der Waals surface area contributed by atoms with Gasteiger partial charge in [-0.1, -0.05) is 109 Å². The number of fused-ring (bicyclic) bond motifs is 9. The Labute approximate surface area is 297 Å². The largest absolute Gasteiger partial charge is 0.456 e. The van der Waals surface area contributed by atoms with Gasteiger partial charge in [-0.05, 0) is 82.6 Å². The molecule has 244 valence electrons. The molecular weight excluding hydrogens is 641 g/mol. The van der Waals surface area contributed by atoms with Crippen LogP contribution < -0.4 is 4.90 Å². The summed E-state index contributed by atoms with van der Waals surface area (Å²) in [5.41, 5.74) is 10.7. The normalized spacial score (nSPS) is 11.8. The van der Waals surface area contributed by atoms with Gasteiger partial charge in [-0.3, -0.25) is 0 Å². The van der Waals surface area contributed by atoms with Gasteiger partial charge in [0.2, 0.25) is 5.89 Å². The van der Waals surface area contributed by atoms with Crippen molar-refractivity contribution >= 4 is 82.8 Å². The number of aromatic nitrogens is 1. The molecule has 0 N–H and O–H groups in total. The lowest BCUT2D eigenvalue weighted by Gasteiger charge is -2.26. The van der Waals surface area contributed by atoms with Crippen LogP contribution in [0.1, 0.15) is 0 Å². The van der Waals surface area contributed by atoms with Gasteiger partial charge in [-0.25, -0.2) is 4.98 Å². The van der Waals surface area contributed by atoms with Gasteiger partial charge in [0.25, 0.3) is 0 Å². The number of nitrogens with zero attached hydrogens (tertiary/aromatic N) is 2. The lowest BCUT2D eigenvalue weighted by atomic mass is 9.98. The van der Waals surface area contributed by atoms with Crippen LogP contribution in [-0.2, 0) is 0 Å². The van der Waals surface area contributed by atoms with Gasteiger partial charge in [-0.2, -0.15) is 0 Å². The Morgan fingerprint density at radius 2 is 1.10 bits per heavy atom. The first-order chi connectivity index (χ1) is 25.8. The minimum Gasteiger partial charge on any atom is -0.456 e. The second-order valence-corrected chi connectivity index (χ2v) is 13.1. The van der Waals surface area contributed by atoms with Crippen molar-refractivity contribution in [3.05, 3.63) is 170 Å². The fourth-order valence-corrected chi connectivity index (χ4v) is 7.67. The average molecular weight is 669 g/mol. The van der Waals surface area contributed by atoms with Crippen molar-refractivity contribution in [2.75, 3.05) is 4.90 Å². The molecule has 0 radical (unpaired) electrons. The summed E-state index contributed by atoms with van der Waals surface area (Å²) in [5, 5.41) is 6.42. The van der Waals surface area contributed by atoms with Gasteiger partial charge in [-0.15, -0.1) is 0 Å². The highest BCUT2D eigenvalue weighted by Gasteiger charge is 2.25. The maximum absolute atomic E-state index is 6.77. The standard InChI is InChI=1S/C47H28N2O3/c1-2-12-31(13-3-1)47-48-39-28-40(46-44(45(39)52-47)37-17-7-9-20-42(37)51-46)49(33-25-26-43-38(27-33)36-16-6-8-19-41(36)50-43)32-23-21-30(22-24-32)35-18-10-14-29-11-4-5-15-34(29)35/h1-28H. The Bertz CT molecular complexity index is 3130. The summed E-state index contributed by atoms with van der Waals surface area (Å²) < 4.78 is 19.6. The van der Waals surface area contributed by atoms with Crippen LogP contribution in [0.25, 0.3) is 88.3 Å². The Hall–Kier alpha value is -7.11. The Morgan fingerprint density at radius 1 is 0.423 bits per heavy atom. The highest BCUT2D eigenvalue weighted by molar-refractivity contribution is 6.21. The summed E-state index contributed by atoms with van der Waals surface area (Å²) in [7, 11) is 0. The van der Waals surface area contributed by atoms with Crippen LogP contribution in [0.15, 0.2) is 183 Å². The van der Waals surface area contributed by atoms with Crippen LogP contribution in [-0.4, -0.2) is 4.98 Å². The third-order valence-corrected chi connectivity index (χ3v) is 10.1. The molecule has 5 heteroatoms. The molecule has 0 fully saturated rings. The van der Waals surface area contributed by atoms with Gasteiger partial charge >= 0.3 is 0 Å². The minimum absolute atomic E-state index is 0.566. The fourth-order valence-electron chi connectivity index (χ4n) is 7.67. The van der Waals surface area contributed by atoms with Gasteiger partial charge in [0.05, 0.1) is 11.1 Å². The van der Waals surface area contributed by atoms with Crippen LogP contribution in [0.2, 0.25) is 0 Å². The molecule has 0 unspecified atom stereocenters. The van der Waals surface area contributed by atoms with E-state index in [9.17, 15) is 0 Å². The molecule has 0 aliphatic carbocycles. The second-order valence-electron chi connectivity index (χ2n) is 13.1. The van der Waals surface area contributed by atoms with Gasteiger partial charge in [0.15, 0.2) is 11.2 Å². The third-order valence-electron chi connectivity index (χ3n) is 10.1. The van der Waals surface area contributed by atoms with Crippen LogP contribution in [0.3, 0.4) is 0 Å². The number of hydrogen-bond donors (Lipinski definition) is 0. The number of anilines is 3. The summed E-state index contributed by atoms with van der Waals surface area (Å²) in [6.07, 6.45) is 0. The molecule has 5 nitrogen and oxygen atoms in total. The molecular formula is C47H28N2O3. The van der Waals surface area contributed by atoms with Crippen molar-refractivity contribution < 1.29 is 13.3 Å². The minimum atomic E-state index is 0.566. The molecule has 3 heterocycles. The lowest BCUT2D eigenvalue weighted by molar-refractivity contribution is 0.622. The molecule has 0 bridgehead atoms. The topological polar surface area (TPSA) is 55.6 Å². The number of hydrogen-bond acceptors (Lipinski definition) is 5. The molecule has 0 amide bonds. The SMILES string of the molecule is c1ccc(-c2nc3cc(N(c4ccc(-c5cccc6ccccc56)cc4)c4ccc5oc6ccccc6c5c4)c4oc5ccccc5c4c3o2)cc1. The van der Waals surface area contributed by atoms with E-state index in [4.69, 9.17) is 18.2 Å². The van der Waals surface area contributed by atoms with Crippen LogP contribution >= 0.6 is 0 Å². The molecule has 52 heavy (non-hydrogen) atoms. The van der Waals surface area contributed by atoms with E-state index in [0.29, 0.717) is 11.5 Å². The first-order valence-electron chi connectivity index (χ1n) is 17.4. The summed E-state index contributed by atoms with van der Waals surface area (Å²) in [6, 6.07) is 58.6. The zero-order chi connectivity index (χ0) is 34.2. The van der Waals surface area contributed by atoms with Gasteiger partial charge in [0.1, 0.15) is 22.3 Å². The smallest absolute Gasteiger partial charge is 0.227 e. The maximum Gasteiger partial charge on any atom is 0.227 e. The van der Waals surface area contributed by atoms with E-state index in [1.54, 1.807) is 0 Å². The molecule has 11 aromatic rings. The van der Waals surface area contributed by atoms with E-state index in [0.717, 1.165) is 77.6 Å². The van der Waals surface area contributed by atoms with Crippen LogP contribution in [0.4, 0.5) is 17.1 Å². The van der Waals surface area contributed by atoms with E-state index in [1.807, 2.05) is 60.7 Å². The number of rotatable bonds is 5. The molecule has 3 aromatic heterocycles. The van der Waals surface area contributed by atoms with Crippen molar-refractivity contribution in [3.63, 3.8) is 0 Å². The Kier molecular flexibility index (Phi) is 6.18. The highest BCUT2D eigenvalue weighted by atomic mass is 16.4. The Balaban J connectivity index is 1.18. The highest BCUT2D eigenvalue weighted by Crippen LogP contribution is 2.47. The average Bonchev–Trinajstić information content (AvgIpc) is 3.92. The lowest BCUT2D eigenvalue weighted by Crippen LogP contribution is -2.10. The first kappa shape index (κ1) is 28.7. The molecule has 11 rings (SSSR count). The second kappa shape index (κ2) is 11.2. The maximum atomic E-state index is 6.77. The molecule has 0 saturated carbocycles. The zero-order valence-corrected chi connectivity index (χ0v) is 27.8. The van der Waals surface area contributed by atoms with E-state index >= 15 is 0 Å². The first-order valence-corrected chi connectivity index (χ1v) is 17.4. The van der Waals surface area contributed by atoms with Crippen molar-refractivity contribution in [2.45, 2.75) is 0 Å². The summed E-state index contributed by atoms with van der Waals surface area (Å²) in [6.45, 7) is 0. The molecule has 0 atom stereocenters. The molecule has 0 saturated heterocycles. The van der Waals surface area contributed by atoms with E-state index < -0.39 is 0 Å². The predicted octanol–water partition coefficient (Wildman–Crippen LogP) is 13.6. The van der Waals surface area contributed by atoms with Crippen LogP contribution in [0, 0.1) is 0 Å². The van der Waals surface area contributed by atoms with E-state index in [1.165, 1.54) is 16.3 Å². The monoisotopic (exact) mass is 668 g/mol. The summed E-state index contributed by atoms with van der Waals surface area (Å²) >= 11 is 0. The fraction of sp³-hybridized carbons (Fsp3) is 0. The third kappa shape index (κ3) is 4.39. The quantitative estimate of drug-likeness (QED) is 0.183.